The maximum atomic E-state index is 12.9. The monoisotopic (exact) mass is 374 g/mol. The summed E-state index contributed by atoms with van der Waals surface area (Å²) in [4.78, 5) is 26.7. The molecule has 0 saturated carbocycles. The van der Waals surface area contributed by atoms with E-state index in [0.29, 0.717) is 32.5 Å². The fraction of sp³-hybridized carbons (Fsp3) is 0.636. The van der Waals surface area contributed by atoms with Crippen LogP contribution in [0.5, 0.6) is 0 Å². The van der Waals surface area contributed by atoms with E-state index in [1.54, 1.807) is 4.90 Å². The van der Waals surface area contributed by atoms with E-state index in [0.717, 1.165) is 18.5 Å². The Bertz CT molecular complexity index is 656. The Hall–Kier alpha value is -2.04. The van der Waals surface area contributed by atoms with Gasteiger partial charge in [0.05, 0.1) is 12.0 Å². The molecule has 5 heteroatoms. The number of hydrogen-bond donors (Lipinski definition) is 1. The molecule has 0 spiro atoms. The Morgan fingerprint density at radius 2 is 1.89 bits per heavy atom. The summed E-state index contributed by atoms with van der Waals surface area (Å²) in [5.74, 6) is 0.0209. The Balaban J connectivity index is 1.93. The number of nitrogens with zero attached hydrogens (tertiary/aromatic N) is 1. The molecule has 2 amide bonds. The molecule has 1 saturated heterocycles. The smallest absolute Gasteiger partial charge is 0.409 e. The van der Waals surface area contributed by atoms with E-state index in [1.165, 1.54) is 5.56 Å². The molecule has 0 radical (unpaired) electrons. The molecule has 1 aromatic rings. The molecular weight excluding hydrogens is 340 g/mol. The fourth-order valence-electron chi connectivity index (χ4n) is 3.15. The van der Waals surface area contributed by atoms with Crippen molar-refractivity contribution in [2.75, 3.05) is 25.0 Å². The first-order valence-corrected chi connectivity index (χ1v) is 9.99. The van der Waals surface area contributed by atoms with Crippen LogP contribution in [0.25, 0.3) is 0 Å². The van der Waals surface area contributed by atoms with Crippen LogP contribution >= 0.6 is 0 Å². The zero-order valence-corrected chi connectivity index (χ0v) is 17.4. The Kier molecular flexibility index (Phi) is 6.90. The third-order valence-electron chi connectivity index (χ3n) is 5.38. The number of benzene rings is 1. The van der Waals surface area contributed by atoms with Crippen LogP contribution in [-0.2, 0) is 14.9 Å². The zero-order valence-electron chi connectivity index (χ0n) is 17.4. The number of piperidine rings is 1. The molecular formula is C22H34N2O3. The van der Waals surface area contributed by atoms with E-state index in [2.05, 4.69) is 39.1 Å². The van der Waals surface area contributed by atoms with Crippen molar-refractivity contribution >= 4 is 17.7 Å². The molecule has 0 aromatic heterocycles. The van der Waals surface area contributed by atoms with Crippen molar-refractivity contribution in [3.63, 3.8) is 0 Å². The Morgan fingerprint density at radius 3 is 2.48 bits per heavy atom. The zero-order chi connectivity index (χ0) is 20.1. The van der Waals surface area contributed by atoms with E-state index < -0.39 is 5.41 Å². The van der Waals surface area contributed by atoms with Crippen LogP contribution in [0, 0.1) is 5.41 Å². The predicted octanol–water partition coefficient (Wildman–Crippen LogP) is 4.96. The first-order valence-electron chi connectivity index (χ1n) is 9.99. The van der Waals surface area contributed by atoms with Crippen LogP contribution in [0.1, 0.15) is 65.9 Å². The average molecular weight is 375 g/mol. The van der Waals surface area contributed by atoms with Crippen molar-refractivity contribution in [1.29, 1.82) is 0 Å². The molecule has 1 aromatic carbocycles. The third-order valence-corrected chi connectivity index (χ3v) is 5.38. The van der Waals surface area contributed by atoms with Crippen molar-refractivity contribution < 1.29 is 14.3 Å². The SMILES string of the molecule is CCCCOC(=O)N1CCC(C)(C(=O)Nc2cccc(C(C)(C)C)c2)CC1. The highest BCUT2D eigenvalue weighted by molar-refractivity contribution is 5.95. The second-order valence-corrected chi connectivity index (χ2v) is 8.80. The molecule has 27 heavy (non-hydrogen) atoms. The lowest BCUT2D eigenvalue weighted by Gasteiger charge is -2.37. The van der Waals surface area contributed by atoms with Crippen LogP contribution in [0.4, 0.5) is 10.5 Å². The molecule has 1 heterocycles. The summed E-state index contributed by atoms with van der Waals surface area (Å²) < 4.78 is 5.28. The Morgan fingerprint density at radius 1 is 1.22 bits per heavy atom. The minimum atomic E-state index is -0.474. The molecule has 0 unspecified atom stereocenters. The summed E-state index contributed by atoms with van der Waals surface area (Å²) in [7, 11) is 0. The van der Waals surface area contributed by atoms with Gasteiger partial charge in [-0.3, -0.25) is 4.79 Å². The highest BCUT2D eigenvalue weighted by Gasteiger charge is 2.38. The molecule has 150 valence electrons. The van der Waals surface area contributed by atoms with Gasteiger partial charge < -0.3 is 15.0 Å². The topological polar surface area (TPSA) is 58.6 Å². The van der Waals surface area contributed by atoms with Crippen LogP contribution < -0.4 is 5.32 Å². The number of rotatable bonds is 5. The highest BCUT2D eigenvalue weighted by Crippen LogP contribution is 2.33. The van der Waals surface area contributed by atoms with Gasteiger partial charge >= 0.3 is 6.09 Å². The number of likely N-dealkylation sites (tertiary alicyclic amines) is 1. The molecule has 5 nitrogen and oxygen atoms in total. The number of anilines is 1. The molecule has 2 rings (SSSR count). The maximum absolute atomic E-state index is 12.9. The van der Waals surface area contributed by atoms with E-state index >= 15 is 0 Å². The van der Waals surface area contributed by atoms with Crippen LogP contribution in [0.15, 0.2) is 24.3 Å². The fourth-order valence-corrected chi connectivity index (χ4v) is 3.15. The van der Waals surface area contributed by atoms with Crippen molar-refractivity contribution in [3.05, 3.63) is 29.8 Å². The Labute approximate surface area is 163 Å². The van der Waals surface area contributed by atoms with Crippen LogP contribution in [0.3, 0.4) is 0 Å². The summed E-state index contributed by atoms with van der Waals surface area (Å²) >= 11 is 0. The number of ether oxygens (including phenoxy) is 1. The van der Waals surface area contributed by atoms with Gasteiger partial charge in [-0.25, -0.2) is 4.79 Å². The number of nitrogens with one attached hydrogen (secondary N) is 1. The minimum Gasteiger partial charge on any atom is -0.449 e. The molecule has 1 aliphatic rings. The number of carbonyl (C=O) groups excluding carboxylic acids is 2. The number of hydrogen-bond acceptors (Lipinski definition) is 3. The normalized spacial score (nSPS) is 16.7. The highest BCUT2D eigenvalue weighted by atomic mass is 16.6. The van der Waals surface area contributed by atoms with Gasteiger partial charge in [0, 0.05) is 18.8 Å². The molecule has 0 bridgehead atoms. The molecule has 1 aliphatic heterocycles. The molecule has 0 aliphatic carbocycles. The van der Waals surface area contributed by atoms with Gasteiger partial charge in [0.25, 0.3) is 0 Å². The molecule has 0 atom stereocenters. The van der Waals surface area contributed by atoms with Gasteiger partial charge in [0.2, 0.25) is 5.91 Å². The van der Waals surface area contributed by atoms with Gasteiger partial charge in [-0.05, 0) is 42.4 Å². The minimum absolute atomic E-state index is 0.0209. The van der Waals surface area contributed by atoms with Gasteiger partial charge in [0.15, 0.2) is 0 Å². The number of unbranched alkanes of at least 4 members (excludes halogenated alkanes) is 1. The largest absolute Gasteiger partial charge is 0.449 e. The summed E-state index contributed by atoms with van der Waals surface area (Å²) in [6, 6.07) is 8.03. The van der Waals surface area contributed by atoms with Gasteiger partial charge in [0.1, 0.15) is 0 Å². The summed E-state index contributed by atoms with van der Waals surface area (Å²) in [5.41, 5.74) is 1.58. The van der Waals surface area contributed by atoms with Crippen LogP contribution in [0.2, 0.25) is 0 Å². The van der Waals surface area contributed by atoms with Crippen molar-refractivity contribution in [3.8, 4) is 0 Å². The summed E-state index contributed by atoms with van der Waals surface area (Å²) in [6.45, 7) is 12.1. The van der Waals surface area contributed by atoms with E-state index in [-0.39, 0.29) is 17.4 Å². The third kappa shape index (κ3) is 5.72. The number of amides is 2. The van der Waals surface area contributed by atoms with E-state index in [1.807, 2.05) is 25.1 Å². The van der Waals surface area contributed by atoms with Crippen LogP contribution in [-0.4, -0.2) is 36.6 Å². The second-order valence-electron chi connectivity index (χ2n) is 8.80. The van der Waals surface area contributed by atoms with E-state index in [4.69, 9.17) is 4.74 Å². The number of carbonyl (C=O) groups is 2. The lowest BCUT2D eigenvalue weighted by atomic mass is 9.79. The van der Waals surface area contributed by atoms with Gasteiger partial charge in [-0.2, -0.15) is 0 Å². The lowest BCUT2D eigenvalue weighted by Crippen LogP contribution is -2.47. The van der Waals surface area contributed by atoms with E-state index in [9.17, 15) is 9.59 Å². The van der Waals surface area contributed by atoms with Crippen molar-refractivity contribution in [2.24, 2.45) is 5.41 Å². The quantitative estimate of drug-likeness (QED) is 0.741. The average Bonchev–Trinajstić information content (AvgIpc) is 2.62. The van der Waals surface area contributed by atoms with Gasteiger partial charge in [-0.15, -0.1) is 0 Å². The van der Waals surface area contributed by atoms with Crippen molar-refractivity contribution in [1.82, 2.24) is 4.90 Å². The molecule has 1 fully saturated rings. The maximum Gasteiger partial charge on any atom is 0.409 e. The first-order chi connectivity index (χ1) is 12.7. The second kappa shape index (κ2) is 8.77. The first kappa shape index (κ1) is 21.3. The standard InChI is InChI=1S/C22H34N2O3/c1-6-7-15-27-20(26)24-13-11-22(5,12-14-24)19(25)23-18-10-8-9-17(16-18)21(2,3)4/h8-10,16H,6-7,11-15H2,1-5H3,(H,23,25). The molecule has 1 N–H and O–H groups in total. The van der Waals surface area contributed by atoms with Gasteiger partial charge in [-0.1, -0.05) is 53.2 Å². The lowest BCUT2D eigenvalue weighted by molar-refractivity contribution is -0.127. The summed E-state index contributed by atoms with van der Waals surface area (Å²) in [6.07, 6.45) is 2.90. The predicted molar refractivity (Wildman–Crippen MR) is 109 cm³/mol. The summed E-state index contributed by atoms with van der Waals surface area (Å²) in [5, 5.41) is 3.08. The van der Waals surface area contributed by atoms with Crippen molar-refractivity contribution in [2.45, 2.75) is 65.7 Å².